The van der Waals surface area contributed by atoms with Gasteiger partial charge in [0.1, 0.15) is 0 Å². The van der Waals surface area contributed by atoms with Crippen LogP contribution in [-0.2, 0) is 4.79 Å². The number of amides is 1. The van der Waals surface area contributed by atoms with Crippen LogP contribution in [0.2, 0.25) is 5.02 Å². The number of carbonyl (C=O) groups is 1. The summed E-state index contributed by atoms with van der Waals surface area (Å²) < 4.78 is 40.0. The van der Waals surface area contributed by atoms with E-state index in [4.69, 9.17) is 11.6 Å². The summed E-state index contributed by atoms with van der Waals surface area (Å²) in [6.45, 7) is -0.180. The van der Waals surface area contributed by atoms with Crippen molar-refractivity contribution in [2.24, 2.45) is 0 Å². The molecule has 3 rings (SSSR count). The van der Waals surface area contributed by atoms with Gasteiger partial charge in [0.2, 0.25) is 5.91 Å². The van der Waals surface area contributed by atoms with Gasteiger partial charge in [-0.1, -0.05) is 54.1 Å². The lowest BCUT2D eigenvalue weighted by Gasteiger charge is -2.20. The summed E-state index contributed by atoms with van der Waals surface area (Å²) in [4.78, 5) is 12.2. The number of carbonyl (C=O) groups excluding carboxylic acids is 1. The maximum Gasteiger partial charge on any atom is 0.238 e. The number of hydrogen-bond donors (Lipinski definition) is 2. The number of anilines is 1. The van der Waals surface area contributed by atoms with Crippen molar-refractivity contribution >= 4 is 23.2 Å². The zero-order valence-electron chi connectivity index (χ0n) is 14.6. The summed E-state index contributed by atoms with van der Waals surface area (Å²) in [5.74, 6) is -4.99. The van der Waals surface area contributed by atoms with E-state index in [1.165, 1.54) is 0 Å². The van der Waals surface area contributed by atoms with Gasteiger partial charge in [-0.25, -0.2) is 13.2 Å². The first kappa shape index (κ1) is 19.9. The fourth-order valence-electron chi connectivity index (χ4n) is 2.74. The lowest BCUT2D eigenvalue weighted by molar-refractivity contribution is -0.115. The molecule has 3 nitrogen and oxygen atoms in total. The van der Waals surface area contributed by atoms with E-state index >= 15 is 0 Å². The van der Waals surface area contributed by atoms with Gasteiger partial charge in [0, 0.05) is 5.02 Å². The number of halogens is 4. The normalized spacial score (nSPS) is 11.9. The topological polar surface area (TPSA) is 41.1 Å². The highest BCUT2D eigenvalue weighted by molar-refractivity contribution is 6.30. The molecule has 0 unspecified atom stereocenters. The Balaban J connectivity index is 1.74. The second-order valence-electron chi connectivity index (χ2n) is 6.05. The van der Waals surface area contributed by atoms with Gasteiger partial charge in [-0.15, -0.1) is 0 Å². The first-order chi connectivity index (χ1) is 13.5. The van der Waals surface area contributed by atoms with Crippen LogP contribution in [0.15, 0.2) is 66.7 Å². The first-order valence-corrected chi connectivity index (χ1v) is 8.80. The molecule has 7 heteroatoms. The zero-order chi connectivity index (χ0) is 20.1. The summed E-state index contributed by atoms with van der Waals surface area (Å²) in [5, 5.41) is 5.92. The van der Waals surface area contributed by atoms with Crippen molar-refractivity contribution in [1.29, 1.82) is 0 Å². The van der Waals surface area contributed by atoms with Gasteiger partial charge in [0.25, 0.3) is 0 Å². The molecule has 0 bridgehead atoms. The van der Waals surface area contributed by atoms with E-state index in [1.54, 1.807) is 12.1 Å². The van der Waals surface area contributed by atoms with Crippen LogP contribution in [0.4, 0.5) is 18.9 Å². The minimum atomic E-state index is -1.63. The molecule has 0 aliphatic rings. The Morgan fingerprint density at radius 2 is 1.50 bits per heavy atom. The monoisotopic (exact) mass is 404 g/mol. The third kappa shape index (κ3) is 4.71. The molecular weight excluding hydrogens is 389 g/mol. The molecule has 0 saturated carbocycles. The maximum absolute atomic E-state index is 13.7. The molecule has 3 aromatic carbocycles. The second-order valence-corrected chi connectivity index (χ2v) is 6.48. The van der Waals surface area contributed by atoms with Gasteiger partial charge < -0.3 is 5.32 Å². The van der Waals surface area contributed by atoms with Gasteiger partial charge in [0.15, 0.2) is 17.5 Å². The van der Waals surface area contributed by atoms with Crippen LogP contribution in [-0.4, -0.2) is 12.5 Å². The van der Waals surface area contributed by atoms with Gasteiger partial charge >= 0.3 is 0 Å². The van der Waals surface area contributed by atoms with Gasteiger partial charge in [-0.05, 0) is 35.4 Å². The quantitative estimate of drug-likeness (QED) is 0.563. The van der Waals surface area contributed by atoms with E-state index in [9.17, 15) is 18.0 Å². The van der Waals surface area contributed by atoms with E-state index in [2.05, 4.69) is 10.6 Å². The Hall–Kier alpha value is -2.83. The van der Waals surface area contributed by atoms with E-state index in [0.717, 1.165) is 23.3 Å². The number of hydrogen-bond acceptors (Lipinski definition) is 2. The zero-order valence-corrected chi connectivity index (χ0v) is 15.3. The Morgan fingerprint density at radius 3 is 2.18 bits per heavy atom. The van der Waals surface area contributed by atoms with Gasteiger partial charge in [0.05, 0.1) is 18.3 Å². The molecule has 0 fully saturated rings. The summed E-state index contributed by atoms with van der Waals surface area (Å²) in [6, 6.07) is 18.0. The van der Waals surface area contributed by atoms with E-state index in [1.807, 2.05) is 42.5 Å². The molecule has 1 amide bonds. The molecule has 0 saturated heterocycles. The van der Waals surface area contributed by atoms with Crippen LogP contribution in [0.1, 0.15) is 17.2 Å². The average Bonchev–Trinajstić information content (AvgIpc) is 2.71. The van der Waals surface area contributed by atoms with Crippen molar-refractivity contribution in [3.8, 4) is 0 Å². The largest absolute Gasteiger partial charge is 0.322 e. The Morgan fingerprint density at radius 1 is 0.857 bits per heavy atom. The van der Waals surface area contributed by atoms with Crippen molar-refractivity contribution in [3.63, 3.8) is 0 Å². The molecule has 3 aromatic rings. The highest BCUT2D eigenvalue weighted by Crippen LogP contribution is 2.24. The molecule has 2 N–H and O–H groups in total. The molecule has 0 spiro atoms. The Kier molecular flexibility index (Phi) is 6.34. The molecule has 0 radical (unpaired) electrons. The second kappa shape index (κ2) is 8.91. The number of rotatable bonds is 6. The van der Waals surface area contributed by atoms with Crippen molar-refractivity contribution < 1.29 is 18.0 Å². The maximum atomic E-state index is 13.7. The average molecular weight is 405 g/mol. The fraction of sp³-hybridized carbons (Fsp3) is 0.0952. The highest BCUT2D eigenvalue weighted by atomic mass is 35.5. The molecule has 1 atom stereocenters. The van der Waals surface area contributed by atoms with Crippen molar-refractivity contribution in [2.45, 2.75) is 6.04 Å². The molecule has 0 aliphatic heterocycles. The van der Waals surface area contributed by atoms with Crippen molar-refractivity contribution in [1.82, 2.24) is 5.32 Å². The fourth-order valence-corrected chi connectivity index (χ4v) is 2.87. The van der Waals surface area contributed by atoms with E-state index < -0.39 is 29.0 Å². The summed E-state index contributed by atoms with van der Waals surface area (Å²) in [5.41, 5.74) is 1.37. The molecule has 28 heavy (non-hydrogen) atoms. The predicted octanol–water partition coefficient (Wildman–Crippen LogP) is 5.08. The standard InChI is InChI=1S/C21H16ClF3N2O/c22-15-8-6-14(7-9-15)21(13-4-2-1-3-5-13)26-12-18(28)27-17-11-10-16(23)19(24)20(17)25/h1-11,21,26H,12H2,(H,27,28)/t21-/m0/s1. The van der Waals surface area contributed by atoms with Crippen LogP contribution < -0.4 is 10.6 Å². The van der Waals surface area contributed by atoms with E-state index in [-0.39, 0.29) is 12.6 Å². The lowest BCUT2D eigenvalue weighted by Crippen LogP contribution is -2.32. The van der Waals surface area contributed by atoms with E-state index in [0.29, 0.717) is 5.02 Å². The van der Waals surface area contributed by atoms with Crippen molar-refractivity contribution in [2.75, 3.05) is 11.9 Å². The highest BCUT2D eigenvalue weighted by Gasteiger charge is 2.18. The minimum Gasteiger partial charge on any atom is -0.322 e. The summed E-state index contributed by atoms with van der Waals surface area (Å²) in [6.07, 6.45) is 0. The van der Waals surface area contributed by atoms with Gasteiger partial charge in [-0.3, -0.25) is 10.1 Å². The molecular formula is C21H16ClF3N2O. The number of nitrogens with one attached hydrogen (secondary N) is 2. The SMILES string of the molecule is O=C(CN[C@@H](c1ccccc1)c1ccc(Cl)cc1)Nc1ccc(F)c(F)c1F. The van der Waals surface area contributed by atoms with Crippen LogP contribution >= 0.6 is 11.6 Å². The third-order valence-electron chi connectivity index (χ3n) is 4.11. The van der Waals surface area contributed by atoms with Crippen LogP contribution in [0.5, 0.6) is 0 Å². The predicted molar refractivity (Wildman–Crippen MR) is 103 cm³/mol. The lowest BCUT2D eigenvalue weighted by atomic mass is 9.99. The van der Waals surface area contributed by atoms with Crippen LogP contribution in [0.3, 0.4) is 0 Å². The van der Waals surface area contributed by atoms with Gasteiger partial charge in [-0.2, -0.15) is 0 Å². The smallest absolute Gasteiger partial charge is 0.238 e. The molecule has 0 heterocycles. The minimum absolute atomic E-state index is 0.180. The Labute approximate surface area is 165 Å². The molecule has 144 valence electrons. The first-order valence-electron chi connectivity index (χ1n) is 8.43. The number of benzene rings is 3. The van der Waals surface area contributed by atoms with Crippen molar-refractivity contribution in [3.05, 3.63) is 100 Å². The molecule has 0 aromatic heterocycles. The molecule has 0 aliphatic carbocycles. The van der Waals surface area contributed by atoms with Crippen LogP contribution in [0.25, 0.3) is 0 Å². The summed E-state index contributed by atoms with van der Waals surface area (Å²) >= 11 is 5.94. The summed E-state index contributed by atoms with van der Waals surface area (Å²) in [7, 11) is 0. The Bertz CT molecular complexity index is 965. The third-order valence-corrected chi connectivity index (χ3v) is 4.36. The van der Waals surface area contributed by atoms with Crippen LogP contribution in [0, 0.1) is 17.5 Å².